The fourth-order valence-corrected chi connectivity index (χ4v) is 5.95. The first-order valence-electron chi connectivity index (χ1n) is 14.1. The Morgan fingerprint density at radius 1 is 0.976 bits per heavy atom. The van der Waals surface area contributed by atoms with Crippen molar-refractivity contribution in [2.24, 2.45) is 0 Å². The van der Waals surface area contributed by atoms with E-state index in [4.69, 9.17) is 4.74 Å². The van der Waals surface area contributed by atoms with Crippen LogP contribution >= 0.6 is 0 Å². The zero-order chi connectivity index (χ0) is 28.5. The predicted molar refractivity (Wildman–Crippen MR) is 152 cm³/mol. The van der Waals surface area contributed by atoms with Crippen molar-refractivity contribution in [3.63, 3.8) is 0 Å². The molecule has 3 aliphatic heterocycles. The summed E-state index contributed by atoms with van der Waals surface area (Å²) in [4.78, 5) is 43.2. The molecule has 1 atom stereocenters. The number of imide groups is 1. The Kier molecular flexibility index (Phi) is 7.45. The smallest absolute Gasteiger partial charge is 0.255 e. The number of amides is 3. The quantitative estimate of drug-likeness (QED) is 0.446. The van der Waals surface area contributed by atoms with Gasteiger partial charge in [-0.2, -0.15) is 0 Å². The number of hydrogen-bond acceptors (Lipinski definition) is 6. The van der Waals surface area contributed by atoms with Crippen molar-refractivity contribution in [3.05, 3.63) is 94.3 Å². The van der Waals surface area contributed by atoms with E-state index in [-0.39, 0.29) is 31.2 Å². The van der Waals surface area contributed by atoms with Gasteiger partial charge in [-0.25, -0.2) is 4.39 Å². The van der Waals surface area contributed by atoms with Gasteiger partial charge in [-0.15, -0.1) is 0 Å². The molecule has 0 aliphatic carbocycles. The van der Waals surface area contributed by atoms with Crippen LogP contribution in [0, 0.1) is 12.7 Å². The van der Waals surface area contributed by atoms with Crippen LogP contribution in [0.5, 0.6) is 5.75 Å². The number of halogens is 1. The number of carbonyl (C=O) groups is 3. The lowest BCUT2D eigenvalue weighted by molar-refractivity contribution is -0.136. The number of piperidine rings is 1. The van der Waals surface area contributed by atoms with Crippen LogP contribution in [0.3, 0.4) is 0 Å². The number of hydrogen-bond donors (Lipinski definition) is 1. The van der Waals surface area contributed by atoms with E-state index >= 15 is 0 Å². The Labute approximate surface area is 238 Å². The molecule has 3 amide bonds. The lowest BCUT2D eigenvalue weighted by Crippen LogP contribution is -2.52. The maximum absolute atomic E-state index is 14.7. The molecule has 212 valence electrons. The van der Waals surface area contributed by atoms with Crippen LogP contribution in [0.2, 0.25) is 0 Å². The van der Waals surface area contributed by atoms with Crippen LogP contribution in [-0.4, -0.2) is 59.7 Å². The SMILES string of the molecule is Cc1cc(OCc2ccccc2)ccc1CN1CCN(c2cc(F)cc3c2CN(C2CCC(=O)NC2=O)C3=O)CC1. The number of nitrogens with zero attached hydrogens (tertiary/aromatic N) is 3. The highest BCUT2D eigenvalue weighted by Gasteiger charge is 2.41. The zero-order valence-corrected chi connectivity index (χ0v) is 23.1. The van der Waals surface area contributed by atoms with Gasteiger partial charge in [0.05, 0.1) is 0 Å². The summed E-state index contributed by atoms with van der Waals surface area (Å²) in [5, 5.41) is 2.32. The molecule has 2 saturated heterocycles. The third-order valence-corrected chi connectivity index (χ3v) is 8.27. The van der Waals surface area contributed by atoms with E-state index in [1.54, 1.807) is 0 Å². The number of nitrogens with one attached hydrogen (secondary N) is 1. The summed E-state index contributed by atoms with van der Waals surface area (Å²) in [7, 11) is 0. The normalized spacial score (nSPS) is 19.4. The van der Waals surface area contributed by atoms with Gasteiger partial charge in [-0.3, -0.25) is 24.6 Å². The van der Waals surface area contributed by atoms with E-state index in [1.807, 2.05) is 36.4 Å². The number of benzene rings is 3. The van der Waals surface area contributed by atoms with Gasteiger partial charge in [0.25, 0.3) is 5.91 Å². The van der Waals surface area contributed by atoms with E-state index in [0.717, 1.165) is 36.5 Å². The van der Waals surface area contributed by atoms with Crippen LogP contribution in [0.15, 0.2) is 60.7 Å². The molecule has 1 N–H and O–H groups in total. The van der Waals surface area contributed by atoms with E-state index in [0.29, 0.717) is 30.9 Å². The van der Waals surface area contributed by atoms with Crippen molar-refractivity contribution >= 4 is 23.4 Å². The summed E-state index contributed by atoms with van der Waals surface area (Å²) in [6.45, 7) is 6.64. The Morgan fingerprint density at radius 3 is 2.49 bits per heavy atom. The molecule has 8 nitrogen and oxygen atoms in total. The van der Waals surface area contributed by atoms with E-state index in [2.05, 4.69) is 34.2 Å². The summed E-state index contributed by atoms with van der Waals surface area (Å²) in [6.07, 6.45) is 0.461. The average molecular weight is 557 g/mol. The van der Waals surface area contributed by atoms with E-state index < -0.39 is 17.8 Å². The summed E-state index contributed by atoms with van der Waals surface area (Å²) in [5.41, 5.74) is 5.30. The van der Waals surface area contributed by atoms with Crippen molar-refractivity contribution in [2.75, 3.05) is 31.1 Å². The number of aryl methyl sites for hydroxylation is 1. The van der Waals surface area contributed by atoms with Gasteiger partial charge < -0.3 is 14.5 Å². The van der Waals surface area contributed by atoms with Gasteiger partial charge >= 0.3 is 0 Å². The second-order valence-electron chi connectivity index (χ2n) is 11.0. The molecule has 0 aromatic heterocycles. The van der Waals surface area contributed by atoms with E-state index in [9.17, 15) is 18.8 Å². The van der Waals surface area contributed by atoms with Gasteiger partial charge in [0.2, 0.25) is 11.8 Å². The van der Waals surface area contributed by atoms with Crippen molar-refractivity contribution in [1.82, 2.24) is 15.1 Å². The molecule has 3 heterocycles. The second kappa shape index (κ2) is 11.3. The molecule has 0 spiro atoms. The number of fused-ring (bicyclic) bond motifs is 1. The lowest BCUT2D eigenvalue weighted by Gasteiger charge is -2.37. The zero-order valence-electron chi connectivity index (χ0n) is 23.1. The first kappa shape index (κ1) is 27.0. The number of carbonyl (C=O) groups excluding carboxylic acids is 3. The van der Waals surface area contributed by atoms with Crippen molar-refractivity contribution < 1.29 is 23.5 Å². The first-order valence-corrected chi connectivity index (χ1v) is 14.1. The van der Waals surface area contributed by atoms with Gasteiger partial charge in [-0.05, 0) is 54.3 Å². The Morgan fingerprint density at radius 2 is 1.76 bits per heavy atom. The molecule has 0 saturated carbocycles. The van der Waals surface area contributed by atoms with Crippen LogP contribution in [0.1, 0.15) is 45.5 Å². The minimum atomic E-state index is -0.723. The molecule has 9 heteroatoms. The van der Waals surface area contributed by atoms with Gasteiger partial charge in [0, 0.05) is 62.5 Å². The highest BCUT2D eigenvalue weighted by molar-refractivity contribution is 6.06. The fraction of sp³-hybridized carbons (Fsp3) is 0.344. The Balaban J connectivity index is 1.09. The molecule has 0 radical (unpaired) electrons. The summed E-state index contributed by atoms with van der Waals surface area (Å²) in [6, 6.07) is 18.3. The van der Waals surface area contributed by atoms with Crippen LogP contribution in [0.25, 0.3) is 0 Å². The van der Waals surface area contributed by atoms with Gasteiger partial charge in [0.15, 0.2) is 0 Å². The number of rotatable bonds is 7. The molecule has 1 unspecified atom stereocenters. The second-order valence-corrected chi connectivity index (χ2v) is 11.0. The van der Waals surface area contributed by atoms with Gasteiger partial charge in [-0.1, -0.05) is 36.4 Å². The van der Waals surface area contributed by atoms with Gasteiger partial charge in [0.1, 0.15) is 24.2 Å². The minimum absolute atomic E-state index is 0.183. The Hall–Kier alpha value is -4.24. The highest BCUT2D eigenvalue weighted by Crippen LogP contribution is 2.35. The fourth-order valence-electron chi connectivity index (χ4n) is 5.95. The maximum Gasteiger partial charge on any atom is 0.255 e. The molecular formula is C32H33FN4O4. The molecular weight excluding hydrogens is 523 g/mol. The first-order chi connectivity index (χ1) is 19.9. The molecule has 6 rings (SSSR count). The minimum Gasteiger partial charge on any atom is -0.489 e. The van der Waals surface area contributed by atoms with Crippen molar-refractivity contribution in [3.8, 4) is 5.75 Å². The van der Waals surface area contributed by atoms with Crippen LogP contribution < -0.4 is 15.0 Å². The summed E-state index contributed by atoms with van der Waals surface area (Å²) < 4.78 is 20.7. The highest BCUT2D eigenvalue weighted by atomic mass is 19.1. The molecule has 0 bridgehead atoms. The summed E-state index contributed by atoms with van der Waals surface area (Å²) >= 11 is 0. The topological polar surface area (TPSA) is 82.2 Å². The van der Waals surface area contributed by atoms with E-state index in [1.165, 1.54) is 28.2 Å². The lowest BCUT2D eigenvalue weighted by atomic mass is 10.0. The monoisotopic (exact) mass is 556 g/mol. The average Bonchev–Trinajstić information content (AvgIpc) is 3.29. The Bertz CT molecular complexity index is 1490. The van der Waals surface area contributed by atoms with Crippen LogP contribution in [0.4, 0.5) is 10.1 Å². The molecule has 3 aliphatic rings. The largest absolute Gasteiger partial charge is 0.489 e. The van der Waals surface area contributed by atoms with Crippen LogP contribution in [-0.2, 0) is 29.3 Å². The van der Waals surface area contributed by atoms with Crippen molar-refractivity contribution in [1.29, 1.82) is 0 Å². The number of piperazine rings is 1. The maximum atomic E-state index is 14.7. The molecule has 3 aromatic rings. The number of anilines is 1. The predicted octanol–water partition coefficient (Wildman–Crippen LogP) is 3.80. The summed E-state index contributed by atoms with van der Waals surface area (Å²) in [5.74, 6) is -0.780. The molecule has 2 fully saturated rings. The molecule has 3 aromatic carbocycles. The third kappa shape index (κ3) is 5.67. The van der Waals surface area contributed by atoms with Crippen molar-refractivity contribution in [2.45, 2.75) is 45.5 Å². The standard InChI is InChI=1S/C32H33FN4O4/c1-21-15-25(41-20-22-5-3-2-4-6-22)8-7-23(21)18-35-11-13-36(14-12-35)29-17-24(33)16-26-27(29)19-37(32(26)40)28-9-10-30(38)34-31(28)39/h2-8,15-17,28H,9-14,18-20H2,1H3,(H,34,38,39). The third-order valence-electron chi connectivity index (χ3n) is 8.27. The number of ether oxygens (including phenoxy) is 1. The molecule has 41 heavy (non-hydrogen) atoms.